The van der Waals surface area contributed by atoms with Gasteiger partial charge in [-0.05, 0) is 12.8 Å². The molecule has 4 nitrogen and oxygen atoms in total. The van der Waals surface area contributed by atoms with Crippen molar-refractivity contribution >= 4 is 18.3 Å². The van der Waals surface area contributed by atoms with E-state index in [0.29, 0.717) is 17.2 Å². The molecule has 1 unspecified atom stereocenters. The maximum Gasteiger partial charge on any atom is 0.240 e. The van der Waals surface area contributed by atoms with Gasteiger partial charge in [0, 0.05) is 37.5 Å². The molecule has 3 fully saturated rings. The SMILES string of the molecule is Cl.O=C(C1CC12CNC2)N1CCCN1. The number of carbonyl (C=O) groups is 1. The van der Waals surface area contributed by atoms with Gasteiger partial charge in [-0.1, -0.05) is 0 Å². The Morgan fingerprint density at radius 2 is 2.21 bits per heavy atom. The highest BCUT2D eigenvalue weighted by atomic mass is 35.5. The minimum absolute atomic E-state index is 0. The van der Waals surface area contributed by atoms with E-state index < -0.39 is 0 Å². The summed E-state index contributed by atoms with van der Waals surface area (Å²) in [4.78, 5) is 11.9. The minimum atomic E-state index is 0. The number of halogens is 1. The molecule has 0 bridgehead atoms. The van der Waals surface area contributed by atoms with E-state index in [1.807, 2.05) is 5.01 Å². The standard InChI is InChI=1S/C9H15N3O.ClH/c13-8(12-3-1-2-11-12)7-4-9(7)5-10-6-9;/h7,10-11H,1-6H2;1H. The molecule has 1 atom stereocenters. The number of nitrogens with zero attached hydrogens (tertiary/aromatic N) is 1. The van der Waals surface area contributed by atoms with Gasteiger partial charge in [0.2, 0.25) is 5.91 Å². The monoisotopic (exact) mass is 217 g/mol. The van der Waals surface area contributed by atoms with Crippen molar-refractivity contribution in [2.45, 2.75) is 12.8 Å². The lowest BCUT2D eigenvalue weighted by Crippen LogP contribution is -2.48. The van der Waals surface area contributed by atoms with Crippen LogP contribution >= 0.6 is 12.4 Å². The van der Waals surface area contributed by atoms with Gasteiger partial charge in [-0.3, -0.25) is 9.80 Å². The van der Waals surface area contributed by atoms with Crippen LogP contribution < -0.4 is 10.7 Å². The summed E-state index contributed by atoms with van der Waals surface area (Å²) in [5.41, 5.74) is 3.50. The van der Waals surface area contributed by atoms with E-state index in [1.165, 1.54) is 0 Å². The number of nitrogens with one attached hydrogen (secondary N) is 2. The van der Waals surface area contributed by atoms with Crippen LogP contribution in [-0.2, 0) is 4.79 Å². The Kier molecular flexibility index (Phi) is 2.45. The van der Waals surface area contributed by atoms with Gasteiger partial charge >= 0.3 is 0 Å². The Bertz CT molecular complexity index is 248. The lowest BCUT2D eigenvalue weighted by atomic mass is 9.96. The van der Waals surface area contributed by atoms with Crippen molar-refractivity contribution in [1.29, 1.82) is 0 Å². The molecule has 14 heavy (non-hydrogen) atoms. The topological polar surface area (TPSA) is 44.4 Å². The quantitative estimate of drug-likeness (QED) is 0.637. The average Bonchev–Trinajstić information content (AvgIpc) is 2.62. The Morgan fingerprint density at radius 3 is 2.64 bits per heavy atom. The number of hydrogen-bond acceptors (Lipinski definition) is 3. The predicted molar refractivity (Wildman–Crippen MR) is 55.0 cm³/mol. The molecule has 0 radical (unpaired) electrons. The minimum Gasteiger partial charge on any atom is -0.315 e. The van der Waals surface area contributed by atoms with Gasteiger partial charge in [-0.25, -0.2) is 5.43 Å². The normalized spacial score (nSPS) is 32.3. The van der Waals surface area contributed by atoms with Gasteiger partial charge in [0.15, 0.2) is 0 Å². The summed E-state index contributed by atoms with van der Waals surface area (Å²) in [6, 6.07) is 0. The van der Waals surface area contributed by atoms with Crippen LogP contribution in [0.5, 0.6) is 0 Å². The second-order valence-electron chi connectivity index (χ2n) is 4.47. The fourth-order valence-corrected chi connectivity index (χ4v) is 2.44. The molecule has 3 aliphatic rings. The predicted octanol–water partition coefficient (Wildman–Crippen LogP) is -0.245. The van der Waals surface area contributed by atoms with Gasteiger partial charge in [0.05, 0.1) is 0 Å². The first-order chi connectivity index (χ1) is 6.32. The molecule has 3 rings (SSSR count). The smallest absolute Gasteiger partial charge is 0.240 e. The fraction of sp³-hybridized carbons (Fsp3) is 0.889. The second kappa shape index (κ2) is 3.36. The van der Waals surface area contributed by atoms with E-state index in [2.05, 4.69) is 10.7 Å². The van der Waals surface area contributed by atoms with Gasteiger partial charge in [0.25, 0.3) is 0 Å². The third-order valence-electron chi connectivity index (χ3n) is 3.57. The number of amides is 1. The first-order valence-corrected chi connectivity index (χ1v) is 5.07. The van der Waals surface area contributed by atoms with E-state index in [9.17, 15) is 4.79 Å². The van der Waals surface area contributed by atoms with Crippen molar-refractivity contribution in [3.8, 4) is 0 Å². The van der Waals surface area contributed by atoms with Crippen molar-refractivity contribution in [3.63, 3.8) is 0 Å². The van der Waals surface area contributed by atoms with Crippen LogP contribution in [-0.4, -0.2) is 37.1 Å². The van der Waals surface area contributed by atoms with Crippen molar-refractivity contribution in [2.24, 2.45) is 11.3 Å². The van der Waals surface area contributed by atoms with Crippen molar-refractivity contribution in [1.82, 2.24) is 15.8 Å². The van der Waals surface area contributed by atoms with E-state index in [1.54, 1.807) is 0 Å². The Labute approximate surface area is 89.8 Å². The molecule has 1 aliphatic carbocycles. The van der Waals surface area contributed by atoms with Crippen molar-refractivity contribution in [3.05, 3.63) is 0 Å². The Balaban J connectivity index is 0.000000750. The van der Waals surface area contributed by atoms with Gasteiger partial charge in [-0.2, -0.15) is 0 Å². The van der Waals surface area contributed by atoms with Crippen LogP contribution in [0.4, 0.5) is 0 Å². The summed E-state index contributed by atoms with van der Waals surface area (Å²) < 4.78 is 0. The summed E-state index contributed by atoms with van der Waals surface area (Å²) in [5.74, 6) is 0.651. The number of hydrazine groups is 1. The number of carbonyl (C=O) groups excluding carboxylic acids is 1. The van der Waals surface area contributed by atoms with Gasteiger partial charge in [-0.15, -0.1) is 12.4 Å². The molecule has 1 saturated carbocycles. The van der Waals surface area contributed by atoms with Gasteiger partial charge < -0.3 is 5.32 Å². The molecule has 0 aromatic rings. The highest BCUT2D eigenvalue weighted by Crippen LogP contribution is 2.55. The summed E-state index contributed by atoms with van der Waals surface area (Å²) in [6.07, 6.45) is 2.21. The summed E-state index contributed by atoms with van der Waals surface area (Å²) >= 11 is 0. The zero-order valence-electron chi connectivity index (χ0n) is 8.08. The lowest BCUT2D eigenvalue weighted by molar-refractivity contribution is -0.135. The highest BCUT2D eigenvalue weighted by Gasteiger charge is 2.62. The molecule has 2 saturated heterocycles. The van der Waals surface area contributed by atoms with E-state index in [4.69, 9.17) is 0 Å². The van der Waals surface area contributed by atoms with E-state index in [0.717, 1.165) is 39.0 Å². The summed E-state index contributed by atoms with van der Waals surface area (Å²) in [7, 11) is 0. The van der Waals surface area contributed by atoms with Crippen LogP contribution in [0, 0.1) is 11.3 Å². The fourth-order valence-electron chi connectivity index (χ4n) is 2.44. The van der Waals surface area contributed by atoms with Crippen LogP contribution in [0.3, 0.4) is 0 Å². The van der Waals surface area contributed by atoms with Crippen LogP contribution in [0.2, 0.25) is 0 Å². The molecule has 5 heteroatoms. The molecule has 2 heterocycles. The zero-order valence-corrected chi connectivity index (χ0v) is 8.90. The molecular weight excluding hydrogens is 202 g/mol. The molecule has 2 aliphatic heterocycles. The van der Waals surface area contributed by atoms with E-state index in [-0.39, 0.29) is 12.4 Å². The number of rotatable bonds is 1. The van der Waals surface area contributed by atoms with Crippen molar-refractivity contribution in [2.75, 3.05) is 26.2 Å². The Morgan fingerprint density at radius 1 is 1.43 bits per heavy atom. The largest absolute Gasteiger partial charge is 0.315 e. The molecule has 1 amide bonds. The van der Waals surface area contributed by atoms with Crippen LogP contribution in [0.15, 0.2) is 0 Å². The maximum absolute atomic E-state index is 11.9. The zero-order chi connectivity index (χ0) is 8.89. The maximum atomic E-state index is 11.9. The second-order valence-corrected chi connectivity index (χ2v) is 4.47. The first kappa shape index (κ1) is 10.2. The lowest BCUT2D eigenvalue weighted by Gasteiger charge is -2.29. The molecular formula is C9H16ClN3O. The molecule has 1 spiro atoms. The molecule has 0 aromatic heterocycles. The van der Waals surface area contributed by atoms with Crippen LogP contribution in [0.25, 0.3) is 0 Å². The molecule has 80 valence electrons. The average molecular weight is 218 g/mol. The van der Waals surface area contributed by atoms with Crippen LogP contribution in [0.1, 0.15) is 12.8 Å². The Hall–Kier alpha value is -0.320. The third kappa shape index (κ3) is 1.33. The van der Waals surface area contributed by atoms with Gasteiger partial charge in [0.1, 0.15) is 0 Å². The van der Waals surface area contributed by atoms with E-state index >= 15 is 0 Å². The number of hydrogen-bond donors (Lipinski definition) is 2. The molecule has 2 N–H and O–H groups in total. The summed E-state index contributed by atoms with van der Waals surface area (Å²) in [6.45, 7) is 3.97. The first-order valence-electron chi connectivity index (χ1n) is 5.07. The van der Waals surface area contributed by atoms with Crippen molar-refractivity contribution < 1.29 is 4.79 Å². The molecule has 0 aromatic carbocycles. The third-order valence-corrected chi connectivity index (χ3v) is 3.57. The highest BCUT2D eigenvalue weighted by molar-refractivity contribution is 5.85. The summed E-state index contributed by atoms with van der Waals surface area (Å²) in [5, 5.41) is 5.07.